The summed E-state index contributed by atoms with van der Waals surface area (Å²) in [6.07, 6.45) is 1.97. The number of piperidine rings is 1. The number of hydrogen-bond acceptors (Lipinski definition) is 6. The second-order valence-corrected chi connectivity index (χ2v) is 9.06. The molecule has 0 saturated carbocycles. The van der Waals surface area contributed by atoms with Gasteiger partial charge in [0.1, 0.15) is 11.6 Å². The number of rotatable bonds is 7. The number of piperazine rings is 1. The summed E-state index contributed by atoms with van der Waals surface area (Å²) in [7, 11) is 2.11. The zero-order valence-corrected chi connectivity index (χ0v) is 17.9. The summed E-state index contributed by atoms with van der Waals surface area (Å²) < 4.78 is 5.77. The summed E-state index contributed by atoms with van der Waals surface area (Å²) in [6.45, 7) is 9.52. The van der Waals surface area contributed by atoms with Crippen molar-refractivity contribution < 1.29 is 19.1 Å². The van der Waals surface area contributed by atoms with Gasteiger partial charge in [-0.25, -0.2) is 4.79 Å². The Morgan fingerprint density at radius 3 is 2.69 bits per heavy atom. The van der Waals surface area contributed by atoms with E-state index in [2.05, 4.69) is 36.4 Å². The minimum absolute atomic E-state index is 0.0604. The van der Waals surface area contributed by atoms with Gasteiger partial charge in [-0.3, -0.25) is 9.59 Å². The molecule has 9 nitrogen and oxygen atoms in total. The lowest BCUT2D eigenvalue weighted by Gasteiger charge is -2.39. The van der Waals surface area contributed by atoms with Crippen LogP contribution in [0.2, 0.25) is 0 Å². The lowest BCUT2D eigenvalue weighted by molar-refractivity contribution is -0.140. The van der Waals surface area contributed by atoms with E-state index in [1.807, 2.05) is 4.90 Å². The van der Waals surface area contributed by atoms with E-state index in [9.17, 15) is 14.4 Å². The molecule has 29 heavy (non-hydrogen) atoms. The Morgan fingerprint density at radius 1 is 1.31 bits per heavy atom. The summed E-state index contributed by atoms with van der Waals surface area (Å²) in [5, 5.41) is 5.71. The van der Waals surface area contributed by atoms with Gasteiger partial charge in [-0.05, 0) is 25.9 Å². The van der Waals surface area contributed by atoms with Gasteiger partial charge in [0.2, 0.25) is 11.8 Å². The van der Waals surface area contributed by atoms with Crippen LogP contribution in [-0.4, -0.2) is 104 Å². The zero-order valence-electron chi connectivity index (χ0n) is 17.9. The third kappa shape index (κ3) is 5.60. The lowest BCUT2D eigenvalue weighted by atomic mass is 9.91. The molecule has 3 aliphatic heterocycles. The number of hydrogen-bond donors (Lipinski definition) is 2. The maximum atomic E-state index is 12.7. The number of carbonyl (C=O) groups excluding carboxylic acids is 3. The molecule has 0 aliphatic carbocycles. The van der Waals surface area contributed by atoms with Gasteiger partial charge < -0.3 is 30.1 Å². The molecule has 3 rings (SSSR count). The highest BCUT2D eigenvalue weighted by Gasteiger charge is 2.47. The molecule has 1 spiro atoms. The Morgan fingerprint density at radius 2 is 2.03 bits per heavy atom. The highest BCUT2D eigenvalue weighted by Crippen LogP contribution is 2.33. The molecule has 3 amide bonds. The average Bonchev–Trinajstić information content (AvgIpc) is 2.96. The van der Waals surface area contributed by atoms with E-state index in [1.165, 1.54) is 0 Å². The van der Waals surface area contributed by atoms with Crippen molar-refractivity contribution in [1.82, 2.24) is 25.3 Å². The molecular formula is C20H35N5O4. The molecule has 9 heteroatoms. The lowest BCUT2D eigenvalue weighted by Crippen LogP contribution is -2.60. The van der Waals surface area contributed by atoms with Crippen LogP contribution in [0.3, 0.4) is 0 Å². The van der Waals surface area contributed by atoms with Crippen molar-refractivity contribution in [2.75, 3.05) is 59.4 Å². The minimum atomic E-state index is -0.504. The van der Waals surface area contributed by atoms with E-state index >= 15 is 0 Å². The first kappa shape index (κ1) is 21.8. The van der Waals surface area contributed by atoms with Crippen LogP contribution in [0.1, 0.15) is 33.1 Å². The third-order valence-electron chi connectivity index (χ3n) is 5.94. The van der Waals surface area contributed by atoms with Crippen LogP contribution >= 0.6 is 0 Å². The summed E-state index contributed by atoms with van der Waals surface area (Å²) in [6, 6.07) is -0.504. The van der Waals surface area contributed by atoms with Crippen LogP contribution in [-0.2, 0) is 14.3 Å². The molecular weight excluding hydrogens is 374 g/mol. The molecule has 0 aromatic heterocycles. The molecule has 3 aliphatic rings. The maximum Gasteiger partial charge on any atom is 0.410 e. The van der Waals surface area contributed by atoms with Crippen LogP contribution in [0.15, 0.2) is 0 Å². The van der Waals surface area contributed by atoms with Crippen LogP contribution < -0.4 is 10.6 Å². The first-order chi connectivity index (χ1) is 13.8. The standard InChI is InChI=1S/C20H35N5O4/c1-15(2)13-23(3)7-4-8-25-14-20(29-19(25)28)5-9-24(10-6-20)18(27)16-11-21-12-17(26)22-16/h15-16,21H,4-14H2,1-3H3,(H,22,26). The second kappa shape index (κ2) is 9.30. The predicted molar refractivity (Wildman–Crippen MR) is 108 cm³/mol. The van der Waals surface area contributed by atoms with E-state index < -0.39 is 11.6 Å². The number of carbonyl (C=O) groups is 3. The smallest absolute Gasteiger partial charge is 0.410 e. The van der Waals surface area contributed by atoms with Gasteiger partial charge in [0, 0.05) is 45.6 Å². The molecule has 1 atom stereocenters. The fraction of sp³-hybridized carbons (Fsp3) is 0.850. The topological polar surface area (TPSA) is 94.2 Å². The van der Waals surface area contributed by atoms with Crippen molar-refractivity contribution in [1.29, 1.82) is 0 Å². The van der Waals surface area contributed by atoms with E-state index in [-0.39, 0.29) is 24.5 Å². The Balaban J connectivity index is 1.44. The maximum absolute atomic E-state index is 12.7. The molecule has 0 bridgehead atoms. The third-order valence-corrected chi connectivity index (χ3v) is 5.94. The van der Waals surface area contributed by atoms with Crippen LogP contribution in [0.25, 0.3) is 0 Å². The number of amides is 3. The van der Waals surface area contributed by atoms with E-state index in [1.54, 1.807) is 4.90 Å². The minimum Gasteiger partial charge on any atom is -0.441 e. The summed E-state index contributed by atoms with van der Waals surface area (Å²) in [5.74, 6) is 0.419. The van der Waals surface area contributed by atoms with E-state index in [4.69, 9.17) is 4.74 Å². The Hall–Kier alpha value is -1.87. The van der Waals surface area contributed by atoms with Gasteiger partial charge in [-0.1, -0.05) is 13.8 Å². The van der Waals surface area contributed by atoms with Crippen LogP contribution in [0.5, 0.6) is 0 Å². The van der Waals surface area contributed by atoms with Gasteiger partial charge in [0.25, 0.3) is 0 Å². The summed E-state index contributed by atoms with van der Waals surface area (Å²) in [5.41, 5.74) is -0.480. The summed E-state index contributed by atoms with van der Waals surface area (Å²) >= 11 is 0. The predicted octanol–water partition coefficient (Wildman–Crippen LogP) is -0.134. The number of nitrogens with zero attached hydrogens (tertiary/aromatic N) is 3. The van der Waals surface area contributed by atoms with E-state index in [0.29, 0.717) is 51.5 Å². The Bertz CT molecular complexity index is 618. The fourth-order valence-corrected chi connectivity index (χ4v) is 4.50. The summed E-state index contributed by atoms with van der Waals surface area (Å²) in [4.78, 5) is 42.4. The molecule has 3 fully saturated rings. The van der Waals surface area contributed by atoms with E-state index in [0.717, 1.165) is 19.5 Å². The number of nitrogens with one attached hydrogen (secondary N) is 2. The van der Waals surface area contributed by atoms with Crippen molar-refractivity contribution >= 4 is 17.9 Å². The molecule has 0 aromatic rings. The average molecular weight is 410 g/mol. The van der Waals surface area contributed by atoms with Gasteiger partial charge in [0.05, 0.1) is 13.1 Å². The quantitative estimate of drug-likeness (QED) is 0.608. The van der Waals surface area contributed by atoms with Crippen LogP contribution in [0.4, 0.5) is 4.79 Å². The molecule has 3 saturated heterocycles. The molecule has 0 aromatic carbocycles. The highest BCUT2D eigenvalue weighted by molar-refractivity contribution is 5.89. The van der Waals surface area contributed by atoms with Crippen molar-refractivity contribution in [3.63, 3.8) is 0 Å². The molecule has 3 heterocycles. The van der Waals surface area contributed by atoms with Gasteiger partial charge in [-0.15, -0.1) is 0 Å². The monoisotopic (exact) mass is 409 g/mol. The van der Waals surface area contributed by atoms with Gasteiger partial charge in [0.15, 0.2) is 0 Å². The number of ether oxygens (including phenoxy) is 1. The first-order valence-corrected chi connectivity index (χ1v) is 10.7. The molecule has 1 unspecified atom stereocenters. The Kier molecular flexibility index (Phi) is 7.00. The van der Waals surface area contributed by atoms with Gasteiger partial charge >= 0.3 is 6.09 Å². The van der Waals surface area contributed by atoms with Crippen molar-refractivity contribution in [3.8, 4) is 0 Å². The van der Waals surface area contributed by atoms with Crippen molar-refractivity contribution in [3.05, 3.63) is 0 Å². The Labute approximate surface area is 173 Å². The van der Waals surface area contributed by atoms with Gasteiger partial charge in [-0.2, -0.15) is 0 Å². The largest absolute Gasteiger partial charge is 0.441 e. The normalized spacial score (nSPS) is 24.4. The fourth-order valence-electron chi connectivity index (χ4n) is 4.50. The molecule has 0 radical (unpaired) electrons. The number of likely N-dealkylation sites (tertiary alicyclic amines) is 1. The second-order valence-electron chi connectivity index (χ2n) is 9.06. The first-order valence-electron chi connectivity index (χ1n) is 10.7. The molecule has 164 valence electrons. The highest BCUT2D eigenvalue weighted by atomic mass is 16.6. The molecule has 2 N–H and O–H groups in total. The zero-order chi connectivity index (χ0) is 21.0. The van der Waals surface area contributed by atoms with Crippen LogP contribution in [0, 0.1) is 5.92 Å². The van der Waals surface area contributed by atoms with Crippen molar-refractivity contribution in [2.24, 2.45) is 5.92 Å². The van der Waals surface area contributed by atoms with Crippen molar-refractivity contribution in [2.45, 2.75) is 44.8 Å². The SMILES string of the molecule is CC(C)CN(C)CCCN1CC2(CCN(C(=O)C3CNCC(=O)N3)CC2)OC1=O.